The molecule has 5 heteroatoms. The normalized spacial score (nSPS) is 14.9. The first-order valence-corrected chi connectivity index (χ1v) is 10.2. The predicted molar refractivity (Wildman–Crippen MR) is 116 cm³/mol. The van der Waals surface area contributed by atoms with Gasteiger partial charge in [0.25, 0.3) is 5.91 Å². The summed E-state index contributed by atoms with van der Waals surface area (Å²) < 4.78 is 13.1. The molecule has 4 nitrogen and oxygen atoms in total. The summed E-state index contributed by atoms with van der Waals surface area (Å²) in [7, 11) is 0. The number of halogens is 1. The molecule has 29 heavy (non-hydrogen) atoms. The third kappa shape index (κ3) is 4.93. The van der Waals surface area contributed by atoms with Crippen LogP contribution in [0.4, 0.5) is 10.1 Å². The van der Waals surface area contributed by atoms with E-state index in [-0.39, 0.29) is 11.7 Å². The van der Waals surface area contributed by atoms with Gasteiger partial charge in [-0.25, -0.2) is 4.39 Å². The van der Waals surface area contributed by atoms with Crippen molar-refractivity contribution < 1.29 is 9.18 Å². The molecule has 3 aromatic rings. The Morgan fingerprint density at radius 1 is 0.897 bits per heavy atom. The number of benzene rings is 3. The number of nitrogens with zero attached hydrogens (tertiary/aromatic N) is 2. The number of hydrogen-bond acceptors (Lipinski definition) is 3. The van der Waals surface area contributed by atoms with Gasteiger partial charge in [0.15, 0.2) is 0 Å². The molecule has 1 aliphatic heterocycles. The predicted octanol–water partition coefficient (Wildman–Crippen LogP) is 3.92. The van der Waals surface area contributed by atoms with Gasteiger partial charge in [0, 0.05) is 44.0 Å². The minimum atomic E-state index is -0.196. The van der Waals surface area contributed by atoms with Gasteiger partial charge >= 0.3 is 0 Å². The maximum absolute atomic E-state index is 13.1. The van der Waals surface area contributed by atoms with E-state index >= 15 is 0 Å². The largest absolute Gasteiger partial charge is 0.369 e. The molecule has 3 aromatic carbocycles. The highest BCUT2D eigenvalue weighted by molar-refractivity contribution is 5.98. The first-order chi connectivity index (χ1) is 14.2. The lowest BCUT2D eigenvalue weighted by molar-refractivity contribution is 0.0951. The van der Waals surface area contributed by atoms with Gasteiger partial charge in [-0.3, -0.25) is 9.69 Å². The topological polar surface area (TPSA) is 35.6 Å². The van der Waals surface area contributed by atoms with Crippen LogP contribution >= 0.6 is 0 Å². The van der Waals surface area contributed by atoms with Crippen LogP contribution in [0.1, 0.15) is 16.8 Å². The van der Waals surface area contributed by atoms with Crippen LogP contribution in [0.3, 0.4) is 0 Å². The van der Waals surface area contributed by atoms with E-state index in [1.54, 1.807) is 0 Å². The lowest BCUT2D eigenvalue weighted by atomic mass is 10.1. The summed E-state index contributed by atoms with van der Waals surface area (Å²) in [5, 5.41) is 5.26. The van der Waals surface area contributed by atoms with Crippen LogP contribution in [0, 0.1) is 5.82 Å². The van der Waals surface area contributed by atoms with Gasteiger partial charge in [-0.2, -0.15) is 0 Å². The Kier molecular flexibility index (Phi) is 6.06. The van der Waals surface area contributed by atoms with Crippen LogP contribution in [-0.2, 0) is 0 Å². The second-order valence-electron chi connectivity index (χ2n) is 7.48. The number of hydrogen-bond donors (Lipinski definition) is 1. The standard InChI is InChI=1S/C24H26FN3O/c25-22-8-10-23(11-9-22)28-16-14-27(15-17-28)13-3-12-26-24(29)21-7-6-19-4-1-2-5-20(19)18-21/h1-2,4-11,18H,3,12-17H2,(H,26,29). The van der Waals surface area contributed by atoms with E-state index < -0.39 is 0 Å². The second kappa shape index (κ2) is 9.05. The first kappa shape index (κ1) is 19.4. The lowest BCUT2D eigenvalue weighted by Crippen LogP contribution is -2.47. The molecule has 0 atom stereocenters. The Morgan fingerprint density at radius 3 is 2.38 bits per heavy atom. The summed E-state index contributed by atoms with van der Waals surface area (Å²) in [5.74, 6) is -0.213. The number of rotatable bonds is 6. The average Bonchev–Trinajstić information content (AvgIpc) is 2.77. The molecule has 0 unspecified atom stereocenters. The fourth-order valence-electron chi connectivity index (χ4n) is 3.82. The van der Waals surface area contributed by atoms with E-state index in [0.29, 0.717) is 12.1 Å². The van der Waals surface area contributed by atoms with E-state index in [1.807, 2.05) is 54.6 Å². The SMILES string of the molecule is O=C(NCCCN1CCN(c2ccc(F)cc2)CC1)c1ccc2ccccc2c1. The van der Waals surface area contributed by atoms with Crippen molar-refractivity contribution in [1.29, 1.82) is 0 Å². The van der Waals surface area contributed by atoms with E-state index in [9.17, 15) is 9.18 Å². The third-order valence-electron chi connectivity index (χ3n) is 5.51. The zero-order chi connectivity index (χ0) is 20.1. The smallest absolute Gasteiger partial charge is 0.251 e. The molecule has 0 bridgehead atoms. The van der Waals surface area contributed by atoms with E-state index in [1.165, 1.54) is 12.1 Å². The highest BCUT2D eigenvalue weighted by Crippen LogP contribution is 2.17. The molecule has 1 heterocycles. The van der Waals surface area contributed by atoms with Crippen LogP contribution in [-0.4, -0.2) is 50.1 Å². The highest BCUT2D eigenvalue weighted by atomic mass is 19.1. The number of carbonyl (C=O) groups excluding carboxylic acids is 1. The van der Waals surface area contributed by atoms with Crippen molar-refractivity contribution in [3.8, 4) is 0 Å². The van der Waals surface area contributed by atoms with Crippen LogP contribution in [0.15, 0.2) is 66.7 Å². The van der Waals surface area contributed by atoms with Crippen LogP contribution in [0.2, 0.25) is 0 Å². The van der Waals surface area contributed by atoms with Gasteiger partial charge in [-0.05, 0) is 60.1 Å². The molecule has 150 valence electrons. The second-order valence-corrected chi connectivity index (χ2v) is 7.48. The molecule has 1 N–H and O–H groups in total. The van der Waals surface area contributed by atoms with E-state index in [0.717, 1.165) is 55.6 Å². The highest BCUT2D eigenvalue weighted by Gasteiger charge is 2.17. The van der Waals surface area contributed by atoms with Gasteiger partial charge < -0.3 is 10.2 Å². The molecule has 4 rings (SSSR count). The van der Waals surface area contributed by atoms with Gasteiger partial charge in [-0.1, -0.05) is 30.3 Å². The molecule has 1 fully saturated rings. The molecular formula is C24H26FN3O. The van der Waals surface area contributed by atoms with Crippen molar-refractivity contribution in [2.75, 3.05) is 44.2 Å². The summed E-state index contributed by atoms with van der Waals surface area (Å²) >= 11 is 0. The molecular weight excluding hydrogens is 365 g/mol. The van der Waals surface area contributed by atoms with Crippen molar-refractivity contribution in [3.05, 3.63) is 78.1 Å². The monoisotopic (exact) mass is 391 g/mol. The fraction of sp³-hybridized carbons (Fsp3) is 0.292. The summed E-state index contributed by atoms with van der Waals surface area (Å²) in [5.41, 5.74) is 1.78. The minimum absolute atomic E-state index is 0.0168. The lowest BCUT2D eigenvalue weighted by Gasteiger charge is -2.36. The molecule has 1 amide bonds. The Hall–Kier alpha value is -2.92. The molecule has 0 spiro atoms. The number of nitrogens with one attached hydrogen (secondary N) is 1. The Balaban J connectivity index is 1.19. The third-order valence-corrected chi connectivity index (χ3v) is 5.51. The fourth-order valence-corrected chi connectivity index (χ4v) is 3.82. The average molecular weight is 391 g/mol. The van der Waals surface area contributed by atoms with Gasteiger partial charge in [0.2, 0.25) is 0 Å². The van der Waals surface area contributed by atoms with Gasteiger partial charge in [-0.15, -0.1) is 0 Å². The maximum atomic E-state index is 13.1. The molecule has 1 saturated heterocycles. The van der Waals surface area contributed by atoms with Crippen molar-refractivity contribution >= 4 is 22.4 Å². The van der Waals surface area contributed by atoms with E-state index in [4.69, 9.17) is 0 Å². The number of fused-ring (bicyclic) bond motifs is 1. The van der Waals surface area contributed by atoms with Gasteiger partial charge in [0.05, 0.1) is 0 Å². The minimum Gasteiger partial charge on any atom is -0.369 e. The Bertz CT molecular complexity index is 965. The quantitative estimate of drug-likeness (QED) is 0.647. The van der Waals surface area contributed by atoms with Crippen molar-refractivity contribution in [2.24, 2.45) is 0 Å². The summed E-state index contributed by atoms with van der Waals surface area (Å²) in [4.78, 5) is 17.1. The molecule has 1 aliphatic rings. The summed E-state index contributed by atoms with van der Waals surface area (Å²) in [6.45, 7) is 5.48. The van der Waals surface area contributed by atoms with Crippen molar-refractivity contribution in [2.45, 2.75) is 6.42 Å². The van der Waals surface area contributed by atoms with Crippen LogP contribution < -0.4 is 10.2 Å². The zero-order valence-corrected chi connectivity index (χ0v) is 16.5. The number of amides is 1. The Labute approximate surface area is 170 Å². The first-order valence-electron chi connectivity index (χ1n) is 10.2. The summed E-state index contributed by atoms with van der Waals surface area (Å²) in [6, 6.07) is 20.6. The van der Waals surface area contributed by atoms with Crippen molar-refractivity contribution in [3.63, 3.8) is 0 Å². The van der Waals surface area contributed by atoms with Crippen LogP contribution in [0.5, 0.6) is 0 Å². The molecule has 0 saturated carbocycles. The van der Waals surface area contributed by atoms with Crippen molar-refractivity contribution in [1.82, 2.24) is 10.2 Å². The number of piperazine rings is 1. The zero-order valence-electron chi connectivity index (χ0n) is 16.5. The maximum Gasteiger partial charge on any atom is 0.251 e. The number of carbonyl (C=O) groups is 1. The van der Waals surface area contributed by atoms with Crippen LogP contribution in [0.25, 0.3) is 10.8 Å². The molecule has 0 radical (unpaired) electrons. The molecule has 0 aromatic heterocycles. The summed E-state index contributed by atoms with van der Waals surface area (Å²) in [6.07, 6.45) is 0.926. The van der Waals surface area contributed by atoms with Gasteiger partial charge in [0.1, 0.15) is 5.82 Å². The Morgan fingerprint density at radius 2 is 1.62 bits per heavy atom. The number of anilines is 1. The van der Waals surface area contributed by atoms with E-state index in [2.05, 4.69) is 15.1 Å². The molecule has 0 aliphatic carbocycles.